The van der Waals surface area contributed by atoms with Gasteiger partial charge in [0.25, 0.3) is 0 Å². The van der Waals surface area contributed by atoms with Gasteiger partial charge in [-0.1, -0.05) is 23.2 Å². The first kappa shape index (κ1) is 37.9. The second kappa shape index (κ2) is 15.6. The number of carbonyl (C=O) groups is 4. The standard InChI is InChI=1S/C31H36Cl2N6O8S4/c32-26-7-5-22(48-26)9-13-50(44,45)34-24-3-1-11-36(30(24)42)18-28(40)38-16-21-15-20(38)17-39(21)29(41)19-37-12-2-4-25(31(37)43)35-51(46,47)14-10-23-6-8-27(33)49-23/h5-10,13-14,20-21,24-25,34-35H,1-4,11-12,15-19H2/t20-,21-,24+,25+/m1/s1. The fourth-order valence-electron chi connectivity index (χ4n) is 6.82. The zero-order valence-corrected chi connectivity index (χ0v) is 31.9. The quantitative estimate of drug-likeness (QED) is 0.329. The topological polar surface area (TPSA) is 174 Å². The van der Waals surface area contributed by atoms with Crippen LogP contribution >= 0.6 is 45.9 Å². The minimum Gasteiger partial charge on any atom is -0.334 e. The number of carbonyl (C=O) groups excluding carboxylic acids is 4. The Hall–Kier alpha value is -2.84. The molecule has 2 N–H and O–H groups in total. The van der Waals surface area contributed by atoms with Crippen molar-refractivity contribution < 1.29 is 36.0 Å². The van der Waals surface area contributed by atoms with Gasteiger partial charge in [0.2, 0.25) is 43.7 Å². The van der Waals surface area contributed by atoms with Crippen molar-refractivity contribution >= 4 is 102 Å². The van der Waals surface area contributed by atoms with Crippen LogP contribution in [0.15, 0.2) is 35.1 Å². The Morgan fingerprint density at radius 2 is 1.14 bits per heavy atom. The molecule has 2 aromatic rings. The molecule has 20 heteroatoms. The van der Waals surface area contributed by atoms with Crippen LogP contribution in [0.2, 0.25) is 8.67 Å². The molecule has 0 spiro atoms. The van der Waals surface area contributed by atoms with Gasteiger partial charge in [0.1, 0.15) is 12.1 Å². The Balaban J connectivity index is 0.976. The Morgan fingerprint density at radius 3 is 1.49 bits per heavy atom. The molecule has 6 heterocycles. The van der Waals surface area contributed by atoms with Crippen LogP contribution in [0, 0.1) is 0 Å². The van der Waals surface area contributed by atoms with E-state index in [1.807, 2.05) is 0 Å². The maximum atomic E-state index is 13.4. The molecule has 14 nitrogen and oxygen atoms in total. The second-order valence-electron chi connectivity index (χ2n) is 12.8. The lowest BCUT2D eigenvalue weighted by Crippen LogP contribution is -2.58. The average molecular weight is 820 g/mol. The predicted molar refractivity (Wildman–Crippen MR) is 196 cm³/mol. The van der Waals surface area contributed by atoms with Gasteiger partial charge in [-0.25, -0.2) is 16.8 Å². The van der Waals surface area contributed by atoms with Gasteiger partial charge in [-0.05, 0) is 68.5 Å². The van der Waals surface area contributed by atoms with E-state index in [0.29, 0.717) is 63.6 Å². The Kier molecular flexibility index (Phi) is 11.6. The lowest BCUT2D eigenvalue weighted by atomic mass is 10.1. The molecule has 6 rings (SSSR count). The number of rotatable bonds is 12. The van der Waals surface area contributed by atoms with Crippen LogP contribution in [0.5, 0.6) is 0 Å². The van der Waals surface area contributed by atoms with Crippen molar-refractivity contribution in [1.82, 2.24) is 29.0 Å². The van der Waals surface area contributed by atoms with Crippen LogP contribution in [0.25, 0.3) is 12.2 Å². The zero-order valence-electron chi connectivity index (χ0n) is 27.2. The van der Waals surface area contributed by atoms with Crippen molar-refractivity contribution in [2.75, 3.05) is 39.3 Å². The van der Waals surface area contributed by atoms with Gasteiger partial charge < -0.3 is 19.6 Å². The molecule has 2 bridgehead atoms. The number of halogens is 2. The van der Waals surface area contributed by atoms with E-state index < -0.39 is 43.9 Å². The van der Waals surface area contributed by atoms with E-state index in [4.69, 9.17) is 23.2 Å². The van der Waals surface area contributed by atoms with Crippen LogP contribution < -0.4 is 9.44 Å². The summed E-state index contributed by atoms with van der Waals surface area (Å²) in [5, 5.41) is 1.98. The van der Waals surface area contributed by atoms with Crippen molar-refractivity contribution in [3.63, 3.8) is 0 Å². The number of nitrogens with zero attached hydrogens (tertiary/aromatic N) is 4. The molecule has 4 atom stereocenters. The molecule has 4 aliphatic heterocycles. The smallest absolute Gasteiger partial charge is 0.242 e. The van der Waals surface area contributed by atoms with Gasteiger partial charge in [0, 0.05) is 46.7 Å². The summed E-state index contributed by atoms with van der Waals surface area (Å²) < 4.78 is 56.5. The highest BCUT2D eigenvalue weighted by atomic mass is 35.5. The first-order valence-electron chi connectivity index (χ1n) is 16.2. The second-order valence-corrected chi connectivity index (χ2v) is 19.4. The van der Waals surface area contributed by atoms with Gasteiger partial charge in [-0.3, -0.25) is 19.2 Å². The van der Waals surface area contributed by atoms with Crippen molar-refractivity contribution in [2.45, 2.75) is 56.3 Å². The molecular weight excluding hydrogens is 784 g/mol. The lowest BCUT2D eigenvalue weighted by Gasteiger charge is -2.38. The van der Waals surface area contributed by atoms with Gasteiger partial charge in [0.05, 0.1) is 33.8 Å². The molecule has 0 aliphatic carbocycles. The molecule has 4 aliphatic rings. The monoisotopic (exact) mass is 818 g/mol. The fourth-order valence-corrected chi connectivity index (χ4v) is 11.0. The van der Waals surface area contributed by atoms with Crippen molar-refractivity contribution in [3.05, 3.63) is 53.5 Å². The van der Waals surface area contributed by atoms with E-state index in [1.165, 1.54) is 44.6 Å². The Bertz CT molecular complexity index is 1830. The van der Waals surface area contributed by atoms with Crippen LogP contribution in [-0.2, 0) is 39.2 Å². The van der Waals surface area contributed by atoms with Gasteiger partial charge in [-0.15, -0.1) is 22.7 Å². The SMILES string of the molecule is O=C1[C@@H](NS(=O)(=O)C=Cc2ccc(Cl)s2)CCCN1CC(=O)N1C[C@H]2C[C@@H]1CN2C(=O)CN1CCC[C@H](NS(=O)(=O)C=Cc2ccc(Cl)s2)C1=O. The fraction of sp³-hybridized carbons (Fsp3) is 0.484. The maximum absolute atomic E-state index is 13.4. The van der Waals surface area contributed by atoms with E-state index >= 15 is 0 Å². The molecule has 0 aromatic carbocycles. The third-order valence-electron chi connectivity index (χ3n) is 9.22. The number of sulfonamides is 2. The third-order valence-corrected chi connectivity index (χ3v) is 13.8. The van der Waals surface area contributed by atoms with Crippen molar-refractivity contribution in [2.24, 2.45) is 0 Å². The van der Waals surface area contributed by atoms with Crippen LogP contribution in [-0.4, -0.2) is 123 Å². The summed E-state index contributed by atoms with van der Waals surface area (Å²) in [7, 11) is -7.87. The molecule has 0 unspecified atom stereocenters. The van der Waals surface area contributed by atoms with E-state index in [9.17, 15) is 36.0 Å². The number of likely N-dealkylation sites (tertiary alicyclic amines) is 4. The minimum atomic E-state index is -3.94. The highest BCUT2D eigenvalue weighted by molar-refractivity contribution is 7.92. The first-order valence-corrected chi connectivity index (χ1v) is 21.7. The summed E-state index contributed by atoms with van der Waals surface area (Å²) in [6.45, 7) is 0.798. The summed E-state index contributed by atoms with van der Waals surface area (Å²) in [6.07, 6.45) is 5.02. The first-order chi connectivity index (χ1) is 24.2. The number of hydrogen-bond acceptors (Lipinski definition) is 10. The van der Waals surface area contributed by atoms with Gasteiger partial charge in [-0.2, -0.15) is 9.44 Å². The van der Waals surface area contributed by atoms with Crippen LogP contribution in [0.4, 0.5) is 0 Å². The van der Waals surface area contributed by atoms with Gasteiger partial charge >= 0.3 is 0 Å². The average Bonchev–Trinajstić information content (AvgIpc) is 3.88. The highest BCUT2D eigenvalue weighted by Crippen LogP contribution is 2.32. The van der Waals surface area contributed by atoms with Crippen molar-refractivity contribution in [1.29, 1.82) is 0 Å². The normalized spacial score (nSPS) is 24.5. The highest BCUT2D eigenvalue weighted by Gasteiger charge is 2.48. The lowest BCUT2D eigenvalue weighted by molar-refractivity contribution is -0.147. The molecule has 4 amide bonds. The molecule has 4 saturated heterocycles. The molecular formula is C31H36Cl2N6O8S4. The summed E-state index contributed by atoms with van der Waals surface area (Å²) in [5.41, 5.74) is 0. The largest absolute Gasteiger partial charge is 0.334 e. The summed E-state index contributed by atoms with van der Waals surface area (Å²) in [6, 6.07) is 4.18. The summed E-state index contributed by atoms with van der Waals surface area (Å²) in [5.74, 6) is -1.50. The van der Waals surface area contributed by atoms with E-state index in [2.05, 4.69) is 9.44 Å². The summed E-state index contributed by atoms with van der Waals surface area (Å²) in [4.78, 5) is 60.5. The molecule has 0 radical (unpaired) electrons. The van der Waals surface area contributed by atoms with Crippen LogP contribution in [0.1, 0.15) is 41.9 Å². The van der Waals surface area contributed by atoms with Crippen LogP contribution in [0.3, 0.4) is 0 Å². The number of hydrogen-bond donors (Lipinski definition) is 2. The number of nitrogens with one attached hydrogen (secondary N) is 2. The van der Waals surface area contributed by atoms with Gasteiger partial charge in [0.15, 0.2) is 0 Å². The number of fused-ring (bicyclic) bond motifs is 2. The van der Waals surface area contributed by atoms with E-state index in [0.717, 1.165) is 10.8 Å². The zero-order chi connectivity index (χ0) is 36.5. The predicted octanol–water partition coefficient (Wildman–Crippen LogP) is 2.39. The number of thiophene rings is 2. The Labute approximate surface area is 314 Å². The third kappa shape index (κ3) is 9.40. The maximum Gasteiger partial charge on any atom is 0.242 e. The summed E-state index contributed by atoms with van der Waals surface area (Å²) >= 11 is 14.2. The molecule has 51 heavy (non-hydrogen) atoms. The Morgan fingerprint density at radius 1 is 0.725 bits per heavy atom. The molecule has 276 valence electrons. The van der Waals surface area contributed by atoms with Crippen molar-refractivity contribution in [3.8, 4) is 0 Å². The molecule has 0 saturated carbocycles. The van der Waals surface area contributed by atoms with E-state index in [1.54, 1.807) is 34.1 Å². The number of piperidine rings is 2. The minimum absolute atomic E-state index is 0.201. The molecule has 4 fully saturated rings. The number of amides is 4. The molecule has 2 aromatic heterocycles. The number of piperazine rings is 1. The van der Waals surface area contributed by atoms with E-state index in [-0.39, 0.29) is 50.1 Å².